The number of amides is 1. The van der Waals surface area contributed by atoms with E-state index in [1.807, 2.05) is 31.2 Å². The maximum Gasteiger partial charge on any atom is 0.295 e. The number of benzene rings is 1. The third kappa shape index (κ3) is 4.52. The molecule has 1 aliphatic heterocycles. The van der Waals surface area contributed by atoms with Gasteiger partial charge in [-0.15, -0.1) is 0 Å². The van der Waals surface area contributed by atoms with Crippen LogP contribution in [0.3, 0.4) is 0 Å². The van der Waals surface area contributed by atoms with Crippen LogP contribution in [0.5, 0.6) is 5.75 Å². The lowest BCUT2D eigenvalue weighted by Gasteiger charge is -2.25. The Morgan fingerprint density at radius 3 is 2.43 bits per heavy atom. The topological polar surface area (TPSA) is 89.0 Å². The van der Waals surface area contributed by atoms with E-state index < -0.39 is 17.7 Å². The lowest BCUT2D eigenvalue weighted by molar-refractivity contribution is -0.140. The first-order chi connectivity index (χ1) is 14.6. The van der Waals surface area contributed by atoms with Gasteiger partial charge in [0, 0.05) is 38.2 Å². The molecule has 7 heteroatoms. The van der Waals surface area contributed by atoms with Gasteiger partial charge in [0.25, 0.3) is 11.7 Å². The van der Waals surface area contributed by atoms with Crippen molar-refractivity contribution in [2.24, 2.45) is 0 Å². The number of hydrogen-bond acceptors (Lipinski definition) is 6. The minimum Gasteiger partial charge on any atom is -0.507 e. The number of nitrogens with zero attached hydrogens (tertiary/aromatic N) is 2. The maximum atomic E-state index is 12.9. The van der Waals surface area contributed by atoms with E-state index in [0.717, 1.165) is 12.0 Å². The predicted octanol–water partition coefficient (Wildman–Crippen LogP) is 3.33. The van der Waals surface area contributed by atoms with Crippen LogP contribution in [0.2, 0.25) is 0 Å². The molecular weight excluding hydrogens is 384 g/mol. The van der Waals surface area contributed by atoms with E-state index >= 15 is 0 Å². The van der Waals surface area contributed by atoms with Crippen molar-refractivity contribution in [1.82, 2.24) is 9.88 Å². The highest BCUT2D eigenvalue weighted by molar-refractivity contribution is 6.46. The van der Waals surface area contributed by atoms with Gasteiger partial charge in [0.15, 0.2) is 0 Å². The average Bonchev–Trinajstić information content (AvgIpc) is 3.03. The summed E-state index contributed by atoms with van der Waals surface area (Å²) in [6.45, 7) is 3.44. The molecule has 158 valence electrons. The van der Waals surface area contributed by atoms with Gasteiger partial charge in [-0.2, -0.15) is 0 Å². The van der Waals surface area contributed by atoms with Crippen molar-refractivity contribution in [3.63, 3.8) is 0 Å². The molecule has 1 aliphatic rings. The number of likely N-dealkylation sites (tertiary alicyclic amines) is 1. The van der Waals surface area contributed by atoms with Crippen LogP contribution in [-0.4, -0.2) is 53.5 Å². The van der Waals surface area contributed by atoms with Gasteiger partial charge in [-0.25, -0.2) is 0 Å². The molecule has 1 N–H and O–H groups in total. The Bertz CT molecular complexity index is 909. The van der Waals surface area contributed by atoms with E-state index in [9.17, 15) is 14.7 Å². The number of rotatable bonds is 9. The van der Waals surface area contributed by atoms with Crippen LogP contribution in [0.4, 0.5) is 0 Å². The van der Waals surface area contributed by atoms with Crippen LogP contribution in [-0.2, 0) is 14.3 Å². The molecule has 1 amide bonds. The van der Waals surface area contributed by atoms with Crippen molar-refractivity contribution in [2.75, 3.05) is 26.9 Å². The second-order valence-electron chi connectivity index (χ2n) is 6.99. The van der Waals surface area contributed by atoms with Gasteiger partial charge in [-0.1, -0.05) is 19.1 Å². The van der Waals surface area contributed by atoms with Crippen molar-refractivity contribution in [3.8, 4) is 5.75 Å². The first-order valence-electron chi connectivity index (χ1n) is 9.99. The average molecular weight is 410 g/mol. The summed E-state index contributed by atoms with van der Waals surface area (Å²) in [7, 11) is 1.59. The van der Waals surface area contributed by atoms with E-state index in [4.69, 9.17) is 9.47 Å². The molecular formula is C23H26N2O5. The quantitative estimate of drug-likeness (QED) is 0.295. The lowest BCUT2D eigenvalue weighted by atomic mass is 9.95. The second kappa shape index (κ2) is 10.0. The summed E-state index contributed by atoms with van der Waals surface area (Å²) in [4.78, 5) is 31.1. The van der Waals surface area contributed by atoms with Crippen LogP contribution in [0.15, 0.2) is 54.4 Å². The van der Waals surface area contributed by atoms with Crippen molar-refractivity contribution < 1.29 is 24.2 Å². The summed E-state index contributed by atoms with van der Waals surface area (Å²) in [5.41, 5.74) is 1.24. The molecule has 30 heavy (non-hydrogen) atoms. The molecule has 1 saturated heterocycles. The Morgan fingerprint density at radius 1 is 1.10 bits per heavy atom. The zero-order valence-corrected chi connectivity index (χ0v) is 17.2. The Labute approximate surface area is 175 Å². The molecule has 1 fully saturated rings. The van der Waals surface area contributed by atoms with Crippen LogP contribution in [0, 0.1) is 0 Å². The summed E-state index contributed by atoms with van der Waals surface area (Å²) in [6, 6.07) is 9.79. The van der Waals surface area contributed by atoms with Crippen molar-refractivity contribution in [3.05, 3.63) is 65.5 Å². The molecule has 3 rings (SSSR count). The minimum atomic E-state index is -0.696. The first kappa shape index (κ1) is 21.5. The predicted molar refractivity (Wildman–Crippen MR) is 112 cm³/mol. The number of aliphatic hydroxyl groups excluding tert-OH is 1. The number of ether oxygens (including phenoxy) is 2. The molecule has 2 heterocycles. The minimum absolute atomic E-state index is 0.0749. The molecule has 0 aliphatic carbocycles. The maximum absolute atomic E-state index is 12.9. The standard InChI is InChI=1S/C23H26N2O5/c1-3-14-30-18-7-5-16(6-8-18)20-19(21(26)17-9-11-24-12-10-17)22(27)23(28)25(20)13-4-15-29-2/h5-12,20,26H,3-4,13-15H2,1-2H3/b21-19+. The molecule has 2 aromatic rings. The van der Waals surface area contributed by atoms with E-state index in [1.165, 1.54) is 17.3 Å². The van der Waals surface area contributed by atoms with E-state index in [2.05, 4.69) is 4.98 Å². The monoisotopic (exact) mass is 410 g/mol. The van der Waals surface area contributed by atoms with Crippen molar-refractivity contribution in [2.45, 2.75) is 25.8 Å². The summed E-state index contributed by atoms with van der Waals surface area (Å²) in [6.07, 6.45) is 4.53. The number of Topliss-reactive ketones (excluding diaryl/α,β-unsaturated/α-hetero) is 1. The highest BCUT2D eigenvalue weighted by Crippen LogP contribution is 2.39. The zero-order valence-electron chi connectivity index (χ0n) is 17.2. The number of carbonyl (C=O) groups is 2. The summed E-state index contributed by atoms with van der Waals surface area (Å²) in [5.74, 6) is -0.816. The highest BCUT2D eigenvalue weighted by atomic mass is 16.5. The van der Waals surface area contributed by atoms with Gasteiger partial charge in [-0.3, -0.25) is 14.6 Å². The zero-order chi connectivity index (χ0) is 21.5. The van der Waals surface area contributed by atoms with Gasteiger partial charge < -0.3 is 19.5 Å². The smallest absolute Gasteiger partial charge is 0.295 e. The third-order valence-corrected chi connectivity index (χ3v) is 4.91. The molecule has 0 radical (unpaired) electrons. The fraction of sp³-hybridized carbons (Fsp3) is 0.348. The molecule has 1 unspecified atom stereocenters. The largest absolute Gasteiger partial charge is 0.507 e. The summed E-state index contributed by atoms with van der Waals surface area (Å²) in [5, 5.41) is 10.9. The van der Waals surface area contributed by atoms with Gasteiger partial charge in [0.1, 0.15) is 11.5 Å². The van der Waals surface area contributed by atoms with Crippen LogP contribution in [0.25, 0.3) is 5.76 Å². The Hall–Kier alpha value is -3.19. The van der Waals surface area contributed by atoms with Gasteiger partial charge in [0.05, 0.1) is 18.2 Å². The number of carbonyl (C=O) groups excluding carboxylic acids is 2. The number of hydrogen-bond donors (Lipinski definition) is 1. The number of methoxy groups -OCH3 is 1. The molecule has 0 spiro atoms. The van der Waals surface area contributed by atoms with Crippen molar-refractivity contribution >= 4 is 17.4 Å². The second-order valence-corrected chi connectivity index (χ2v) is 6.99. The van der Waals surface area contributed by atoms with Crippen LogP contribution < -0.4 is 4.74 Å². The molecule has 1 atom stereocenters. The normalized spacial score (nSPS) is 18.1. The van der Waals surface area contributed by atoms with Gasteiger partial charge >= 0.3 is 0 Å². The third-order valence-electron chi connectivity index (χ3n) is 4.91. The molecule has 0 saturated carbocycles. The van der Waals surface area contributed by atoms with Gasteiger partial charge in [-0.05, 0) is 42.7 Å². The van der Waals surface area contributed by atoms with E-state index in [-0.39, 0.29) is 11.3 Å². The number of aliphatic hydroxyl groups is 1. The molecule has 0 bridgehead atoms. The molecule has 7 nitrogen and oxygen atoms in total. The molecule has 1 aromatic carbocycles. The van der Waals surface area contributed by atoms with Crippen LogP contribution in [0.1, 0.15) is 36.9 Å². The van der Waals surface area contributed by atoms with E-state index in [1.54, 1.807) is 19.2 Å². The fourth-order valence-electron chi connectivity index (χ4n) is 3.47. The first-order valence-corrected chi connectivity index (χ1v) is 9.99. The lowest BCUT2D eigenvalue weighted by Crippen LogP contribution is -2.31. The van der Waals surface area contributed by atoms with Crippen LogP contribution >= 0.6 is 0 Å². The Balaban J connectivity index is 2.03. The SMILES string of the molecule is CCCOc1ccc(C2/C(=C(\O)c3ccncc3)C(=O)C(=O)N2CCCOC)cc1. The van der Waals surface area contributed by atoms with Crippen molar-refractivity contribution in [1.29, 1.82) is 0 Å². The fourth-order valence-corrected chi connectivity index (χ4v) is 3.47. The Kier molecular flexibility index (Phi) is 7.19. The highest BCUT2D eigenvalue weighted by Gasteiger charge is 2.45. The van der Waals surface area contributed by atoms with Gasteiger partial charge in [0.2, 0.25) is 0 Å². The summed E-state index contributed by atoms with van der Waals surface area (Å²) < 4.78 is 10.7. The number of pyridine rings is 1. The molecule has 1 aromatic heterocycles. The Morgan fingerprint density at radius 2 is 1.80 bits per heavy atom. The number of ketones is 1. The summed E-state index contributed by atoms with van der Waals surface area (Å²) >= 11 is 0. The van der Waals surface area contributed by atoms with E-state index in [0.29, 0.717) is 37.5 Å². The number of aromatic nitrogens is 1.